The molecule has 2 fully saturated rings. The van der Waals surface area contributed by atoms with Crippen molar-refractivity contribution in [3.63, 3.8) is 0 Å². The standard InChI is InChI=1S/C17H27N3O/c1-13(14-5-2-3-6-14)19-17(21)16-7-4-12-20(16)15-8-10-18-11-9-15/h4,7,12-15,18H,2-3,5-6,8-11H2,1H3,(H,19,21)/t13-/m0/s1. The molecular weight excluding hydrogens is 262 g/mol. The minimum atomic E-state index is 0.0953. The van der Waals surface area contributed by atoms with Gasteiger partial charge in [-0.15, -0.1) is 0 Å². The molecule has 4 heteroatoms. The predicted octanol–water partition coefficient (Wildman–Crippen LogP) is 2.72. The van der Waals surface area contributed by atoms with Crippen LogP contribution in [0.25, 0.3) is 0 Å². The molecule has 1 aliphatic heterocycles. The zero-order chi connectivity index (χ0) is 14.7. The molecule has 1 atom stereocenters. The van der Waals surface area contributed by atoms with Gasteiger partial charge in [-0.3, -0.25) is 4.79 Å². The van der Waals surface area contributed by atoms with E-state index in [2.05, 4.69) is 28.3 Å². The maximum atomic E-state index is 12.6. The summed E-state index contributed by atoms with van der Waals surface area (Å²) in [6.45, 7) is 4.25. The zero-order valence-corrected chi connectivity index (χ0v) is 13.0. The van der Waals surface area contributed by atoms with Crippen molar-refractivity contribution in [2.75, 3.05) is 13.1 Å². The number of piperidine rings is 1. The quantitative estimate of drug-likeness (QED) is 0.895. The molecule has 2 N–H and O–H groups in total. The fraction of sp³-hybridized carbons (Fsp3) is 0.706. The van der Waals surface area contributed by atoms with Gasteiger partial charge in [0.15, 0.2) is 0 Å². The highest BCUT2D eigenvalue weighted by Crippen LogP contribution is 2.28. The van der Waals surface area contributed by atoms with E-state index in [4.69, 9.17) is 0 Å². The molecule has 21 heavy (non-hydrogen) atoms. The van der Waals surface area contributed by atoms with Crippen molar-refractivity contribution >= 4 is 5.91 Å². The smallest absolute Gasteiger partial charge is 0.268 e. The number of nitrogens with zero attached hydrogens (tertiary/aromatic N) is 1. The lowest BCUT2D eigenvalue weighted by molar-refractivity contribution is 0.0914. The second kappa shape index (κ2) is 6.65. The van der Waals surface area contributed by atoms with Gasteiger partial charge in [-0.25, -0.2) is 0 Å². The van der Waals surface area contributed by atoms with Gasteiger partial charge in [-0.2, -0.15) is 0 Å². The normalized spacial score (nSPS) is 22.3. The van der Waals surface area contributed by atoms with Gasteiger partial charge in [0.25, 0.3) is 5.91 Å². The minimum absolute atomic E-state index is 0.0953. The van der Waals surface area contributed by atoms with Crippen LogP contribution >= 0.6 is 0 Å². The predicted molar refractivity (Wildman–Crippen MR) is 84.5 cm³/mol. The maximum Gasteiger partial charge on any atom is 0.268 e. The second-order valence-electron chi connectivity index (χ2n) is 6.59. The van der Waals surface area contributed by atoms with Crippen molar-refractivity contribution in [2.45, 2.75) is 57.5 Å². The summed E-state index contributed by atoms with van der Waals surface area (Å²) < 4.78 is 2.18. The van der Waals surface area contributed by atoms with E-state index in [1.165, 1.54) is 25.7 Å². The summed E-state index contributed by atoms with van der Waals surface area (Å²) >= 11 is 0. The second-order valence-corrected chi connectivity index (χ2v) is 6.59. The van der Waals surface area contributed by atoms with Crippen LogP contribution in [0.3, 0.4) is 0 Å². The molecule has 1 saturated heterocycles. The molecule has 116 valence electrons. The van der Waals surface area contributed by atoms with Crippen molar-refractivity contribution in [2.24, 2.45) is 5.92 Å². The molecule has 1 saturated carbocycles. The van der Waals surface area contributed by atoms with E-state index >= 15 is 0 Å². The molecule has 0 unspecified atom stereocenters. The van der Waals surface area contributed by atoms with Gasteiger partial charge >= 0.3 is 0 Å². The Morgan fingerprint density at radius 3 is 2.71 bits per heavy atom. The molecular formula is C17H27N3O. The Morgan fingerprint density at radius 1 is 1.29 bits per heavy atom. The number of rotatable bonds is 4. The molecule has 1 amide bonds. The van der Waals surface area contributed by atoms with Gasteiger partial charge in [-0.1, -0.05) is 12.8 Å². The first-order valence-corrected chi connectivity index (χ1v) is 8.44. The van der Waals surface area contributed by atoms with E-state index in [-0.39, 0.29) is 11.9 Å². The fourth-order valence-electron chi connectivity index (χ4n) is 3.85. The third kappa shape index (κ3) is 3.31. The Kier molecular flexibility index (Phi) is 4.63. The number of hydrogen-bond donors (Lipinski definition) is 2. The SMILES string of the molecule is C[C@H](NC(=O)c1cccn1C1CCNCC1)C1CCCC1. The van der Waals surface area contributed by atoms with Crippen LogP contribution in [0.2, 0.25) is 0 Å². The molecule has 1 aromatic rings. The lowest BCUT2D eigenvalue weighted by atomic mass is 10.00. The molecule has 2 aliphatic rings. The summed E-state index contributed by atoms with van der Waals surface area (Å²) in [5, 5.41) is 6.61. The Bertz CT molecular complexity index is 470. The number of hydrogen-bond acceptors (Lipinski definition) is 2. The van der Waals surface area contributed by atoms with Crippen molar-refractivity contribution < 1.29 is 4.79 Å². The lowest BCUT2D eigenvalue weighted by Gasteiger charge is -2.27. The molecule has 0 aromatic carbocycles. The van der Waals surface area contributed by atoms with Gasteiger partial charge in [-0.05, 0) is 63.7 Å². The average molecular weight is 289 g/mol. The van der Waals surface area contributed by atoms with Crippen LogP contribution in [-0.2, 0) is 0 Å². The first-order valence-electron chi connectivity index (χ1n) is 8.44. The first kappa shape index (κ1) is 14.6. The molecule has 4 nitrogen and oxygen atoms in total. The van der Waals surface area contributed by atoms with Crippen LogP contribution < -0.4 is 10.6 Å². The summed E-state index contributed by atoms with van der Waals surface area (Å²) in [5.41, 5.74) is 0.826. The lowest BCUT2D eigenvalue weighted by Crippen LogP contribution is -2.39. The summed E-state index contributed by atoms with van der Waals surface area (Å²) in [6, 6.07) is 4.70. The van der Waals surface area contributed by atoms with Gasteiger partial charge < -0.3 is 15.2 Å². The van der Waals surface area contributed by atoms with Crippen molar-refractivity contribution in [3.05, 3.63) is 24.0 Å². The topological polar surface area (TPSA) is 46.1 Å². The van der Waals surface area contributed by atoms with E-state index in [1.54, 1.807) is 0 Å². The monoisotopic (exact) mass is 289 g/mol. The summed E-state index contributed by atoms with van der Waals surface area (Å²) in [5.74, 6) is 0.758. The Balaban J connectivity index is 1.65. The van der Waals surface area contributed by atoms with Crippen LogP contribution in [0.15, 0.2) is 18.3 Å². The van der Waals surface area contributed by atoms with Crippen LogP contribution in [0.5, 0.6) is 0 Å². The Hall–Kier alpha value is -1.29. The fourth-order valence-corrected chi connectivity index (χ4v) is 3.85. The maximum absolute atomic E-state index is 12.6. The molecule has 1 aliphatic carbocycles. The largest absolute Gasteiger partial charge is 0.348 e. The molecule has 2 heterocycles. The van der Waals surface area contributed by atoms with E-state index in [9.17, 15) is 4.79 Å². The highest BCUT2D eigenvalue weighted by atomic mass is 16.2. The van der Waals surface area contributed by atoms with E-state index in [1.807, 2.05) is 12.1 Å². The van der Waals surface area contributed by atoms with E-state index in [0.29, 0.717) is 12.0 Å². The van der Waals surface area contributed by atoms with Crippen LogP contribution in [-0.4, -0.2) is 29.6 Å². The van der Waals surface area contributed by atoms with E-state index in [0.717, 1.165) is 31.6 Å². The molecule has 3 rings (SSSR count). The van der Waals surface area contributed by atoms with Gasteiger partial charge in [0.05, 0.1) is 0 Å². The number of carbonyl (C=O) groups excluding carboxylic acids is 1. The van der Waals surface area contributed by atoms with Crippen molar-refractivity contribution in [3.8, 4) is 0 Å². The average Bonchev–Trinajstić information content (AvgIpc) is 3.19. The highest BCUT2D eigenvalue weighted by Gasteiger charge is 2.25. The molecule has 0 bridgehead atoms. The van der Waals surface area contributed by atoms with E-state index < -0.39 is 0 Å². The third-order valence-electron chi connectivity index (χ3n) is 5.18. The summed E-state index contributed by atoms with van der Waals surface area (Å²) in [4.78, 5) is 12.6. The summed E-state index contributed by atoms with van der Waals surface area (Å²) in [7, 11) is 0. The molecule has 0 spiro atoms. The minimum Gasteiger partial charge on any atom is -0.348 e. The number of aromatic nitrogens is 1. The van der Waals surface area contributed by atoms with Crippen LogP contribution in [0, 0.1) is 5.92 Å². The molecule has 0 radical (unpaired) electrons. The number of carbonyl (C=O) groups is 1. The summed E-state index contributed by atoms with van der Waals surface area (Å²) in [6.07, 6.45) is 9.42. The Labute approximate surface area is 127 Å². The highest BCUT2D eigenvalue weighted by molar-refractivity contribution is 5.93. The van der Waals surface area contributed by atoms with Gasteiger partial charge in [0.2, 0.25) is 0 Å². The van der Waals surface area contributed by atoms with Crippen LogP contribution in [0.4, 0.5) is 0 Å². The first-order chi connectivity index (χ1) is 10.3. The Morgan fingerprint density at radius 2 is 2.00 bits per heavy atom. The number of nitrogens with one attached hydrogen (secondary N) is 2. The van der Waals surface area contributed by atoms with Crippen molar-refractivity contribution in [1.82, 2.24) is 15.2 Å². The van der Waals surface area contributed by atoms with Crippen molar-refractivity contribution in [1.29, 1.82) is 0 Å². The van der Waals surface area contributed by atoms with Gasteiger partial charge in [0, 0.05) is 18.3 Å². The van der Waals surface area contributed by atoms with Crippen LogP contribution in [0.1, 0.15) is 62.0 Å². The third-order valence-corrected chi connectivity index (χ3v) is 5.18. The molecule has 1 aromatic heterocycles. The zero-order valence-electron chi connectivity index (χ0n) is 13.0. The number of amides is 1. The van der Waals surface area contributed by atoms with Gasteiger partial charge in [0.1, 0.15) is 5.69 Å².